The quantitative estimate of drug-likeness (QED) is 0.811. The van der Waals surface area contributed by atoms with Crippen LogP contribution in [0.1, 0.15) is 36.1 Å². The van der Waals surface area contributed by atoms with Crippen LogP contribution < -0.4 is 4.74 Å². The highest BCUT2D eigenvalue weighted by Gasteiger charge is 2.44. The standard InChI is InChI=1S/C21H21FN2O3/c1-3-27-21(25)24-20(14-4-8-15(22)9-5-14)17-11-7-13-6-10-16(26-2)12-18(13)19(17)23-24/h4-6,8-10,12,17,20H,3,7,11H2,1-2H3/t17-,20+/m1/s1. The number of methoxy groups -OCH3 is 1. The Kier molecular flexibility index (Phi) is 4.56. The number of fused-ring (bicyclic) bond motifs is 3. The highest BCUT2D eigenvalue weighted by Crippen LogP contribution is 2.44. The average molecular weight is 368 g/mol. The van der Waals surface area contributed by atoms with Gasteiger partial charge in [-0.3, -0.25) is 0 Å². The molecule has 1 amide bonds. The molecule has 0 aromatic heterocycles. The fraction of sp³-hybridized carbons (Fsp3) is 0.333. The predicted molar refractivity (Wildman–Crippen MR) is 99.3 cm³/mol. The van der Waals surface area contributed by atoms with Crippen LogP contribution in [0.15, 0.2) is 47.6 Å². The molecule has 27 heavy (non-hydrogen) atoms. The smallest absolute Gasteiger partial charge is 0.430 e. The second-order valence-corrected chi connectivity index (χ2v) is 6.69. The largest absolute Gasteiger partial charge is 0.497 e. The van der Waals surface area contributed by atoms with Gasteiger partial charge in [-0.1, -0.05) is 18.2 Å². The second kappa shape index (κ2) is 7.02. The lowest BCUT2D eigenvalue weighted by atomic mass is 9.77. The number of hydrazone groups is 1. The van der Waals surface area contributed by atoms with Gasteiger partial charge < -0.3 is 9.47 Å². The summed E-state index contributed by atoms with van der Waals surface area (Å²) in [7, 11) is 1.63. The Balaban J connectivity index is 1.79. The molecule has 0 saturated heterocycles. The molecule has 2 aromatic rings. The van der Waals surface area contributed by atoms with Gasteiger partial charge in [0.1, 0.15) is 11.6 Å². The summed E-state index contributed by atoms with van der Waals surface area (Å²) in [6, 6.07) is 11.9. The lowest BCUT2D eigenvalue weighted by Gasteiger charge is -2.29. The van der Waals surface area contributed by atoms with Crippen LogP contribution in [0.5, 0.6) is 5.75 Å². The van der Waals surface area contributed by atoms with Crippen molar-refractivity contribution in [3.8, 4) is 5.75 Å². The first-order valence-corrected chi connectivity index (χ1v) is 9.09. The van der Waals surface area contributed by atoms with Crippen molar-refractivity contribution in [3.63, 3.8) is 0 Å². The average Bonchev–Trinajstić information content (AvgIpc) is 3.08. The van der Waals surface area contributed by atoms with Gasteiger partial charge in [-0.2, -0.15) is 10.1 Å². The number of ether oxygens (including phenoxy) is 2. The van der Waals surface area contributed by atoms with Crippen LogP contribution in [-0.4, -0.2) is 30.5 Å². The van der Waals surface area contributed by atoms with Gasteiger partial charge in [-0.15, -0.1) is 0 Å². The molecule has 2 aliphatic rings. The van der Waals surface area contributed by atoms with Gasteiger partial charge in [0.15, 0.2) is 0 Å². The zero-order valence-electron chi connectivity index (χ0n) is 15.3. The fourth-order valence-electron chi connectivity index (χ4n) is 3.95. The van der Waals surface area contributed by atoms with Crippen LogP contribution in [0, 0.1) is 11.7 Å². The minimum atomic E-state index is -0.488. The molecule has 4 rings (SSSR count). The van der Waals surface area contributed by atoms with Crippen molar-refractivity contribution in [2.45, 2.75) is 25.8 Å². The third-order valence-corrected chi connectivity index (χ3v) is 5.20. The zero-order valence-corrected chi connectivity index (χ0v) is 15.3. The van der Waals surface area contributed by atoms with E-state index < -0.39 is 6.09 Å². The summed E-state index contributed by atoms with van der Waals surface area (Å²) in [5.41, 5.74) is 3.90. The van der Waals surface area contributed by atoms with Gasteiger partial charge in [-0.25, -0.2) is 9.18 Å². The van der Waals surface area contributed by atoms with Crippen LogP contribution in [0.4, 0.5) is 9.18 Å². The van der Waals surface area contributed by atoms with Crippen molar-refractivity contribution in [2.75, 3.05) is 13.7 Å². The molecule has 0 radical (unpaired) electrons. The molecule has 0 fully saturated rings. The van der Waals surface area contributed by atoms with Crippen molar-refractivity contribution in [1.82, 2.24) is 5.01 Å². The van der Waals surface area contributed by atoms with Crippen molar-refractivity contribution < 1.29 is 18.7 Å². The maximum Gasteiger partial charge on any atom is 0.430 e. The first-order chi connectivity index (χ1) is 13.1. The predicted octanol–water partition coefficient (Wildman–Crippen LogP) is 4.31. The van der Waals surface area contributed by atoms with E-state index >= 15 is 0 Å². The lowest BCUT2D eigenvalue weighted by Crippen LogP contribution is -2.32. The molecular formula is C21H21FN2O3. The Bertz CT molecular complexity index is 895. The zero-order chi connectivity index (χ0) is 19.0. The summed E-state index contributed by atoms with van der Waals surface area (Å²) in [6.07, 6.45) is 1.26. The third kappa shape index (κ3) is 3.05. The number of hydrogen-bond donors (Lipinski definition) is 0. The molecule has 2 atom stereocenters. The summed E-state index contributed by atoms with van der Waals surface area (Å²) < 4.78 is 24.0. The van der Waals surface area contributed by atoms with Gasteiger partial charge >= 0.3 is 6.09 Å². The molecular weight excluding hydrogens is 347 g/mol. The van der Waals surface area contributed by atoms with E-state index in [0.29, 0.717) is 0 Å². The van der Waals surface area contributed by atoms with E-state index in [2.05, 4.69) is 5.10 Å². The number of hydrogen-bond acceptors (Lipinski definition) is 4. The third-order valence-electron chi connectivity index (χ3n) is 5.20. The van der Waals surface area contributed by atoms with Crippen LogP contribution in [0.2, 0.25) is 0 Å². The summed E-state index contributed by atoms with van der Waals surface area (Å²) in [4.78, 5) is 12.6. The summed E-state index contributed by atoms with van der Waals surface area (Å²) in [5.74, 6) is 0.476. The van der Waals surface area contributed by atoms with E-state index in [1.807, 2.05) is 18.2 Å². The number of carbonyl (C=O) groups excluding carboxylic acids is 1. The second-order valence-electron chi connectivity index (χ2n) is 6.69. The van der Waals surface area contributed by atoms with Crippen LogP contribution in [-0.2, 0) is 11.2 Å². The molecule has 1 aliphatic heterocycles. The van der Waals surface area contributed by atoms with Crippen molar-refractivity contribution >= 4 is 11.8 Å². The van der Waals surface area contributed by atoms with Crippen molar-refractivity contribution in [1.29, 1.82) is 0 Å². The number of nitrogens with zero attached hydrogens (tertiary/aromatic N) is 2. The minimum absolute atomic E-state index is 0.0273. The summed E-state index contributed by atoms with van der Waals surface area (Å²) in [6.45, 7) is 2.03. The molecule has 1 aliphatic carbocycles. The van der Waals surface area contributed by atoms with E-state index in [0.717, 1.165) is 35.4 Å². The topological polar surface area (TPSA) is 51.1 Å². The monoisotopic (exact) mass is 368 g/mol. The number of halogens is 1. The molecule has 0 saturated carbocycles. The highest BCUT2D eigenvalue weighted by molar-refractivity contribution is 6.06. The molecule has 0 unspecified atom stereocenters. The molecule has 0 N–H and O–H groups in total. The Hall–Kier alpha value is -2.89. The molecule has 2 aromatic carbocycles. The van der Waals surface area contributed by atoms with Gasteiger partial charge in [0, 0.05) is 11.5 Å². The van der Waals surface area contributed by atoms with Crippen molar-refractivity contribution in [3.05, 3.63) is 65.0 Å². The Morgan fingerprint density at radius 3 is 2.74 bits per heavy atom. The van der Waals surface area contributed by atoms with Crippen LogP contribution in [0.25, 0.3) is 0 Å². The highest BCUT2D eigenvalue weighted by atomic mass is 19.1. The molecule has 1 heterocycles. The van der Waals surface area contributed by atoms with E-state index in [9.17, 15) is 9.18 Å². The van der Waals surface area contributed by atoms with Crippen LogP contribution in [0.3, 0.4) is 0 Å². The Labute approximate surface area is 157 Å². The maximum atomic E-state index is 13.4. The normalized spacial score (nSPS) is 20.6. The summed E-state index contributed by atoms with van der Waals surface area (Å²) >= 11 is 0. The molecule has 6 heteroatoms. The number of rotatable bonds is 3. The molecule has 0 spiro atoms. The maximum absolute atomic E-state index is 13.4. The van der Waals surface area contributed by atoms with Gasteiger partial charge in [-0.05, 0) is 55.2 Å². The number of amides is 1. The van der Waals surface area contributed by atoms with E-state index in [1.165, 1.54) is 22.7 Å². The van der Waals surface area contributed by atoms with Gasteiger partial charge in [0.05, 0.1) is 25.5 Å². The summed E-state index contributed by atoms with van der Waals surface area (Å²) in [5, 5.41) is 6.06. The minimum Gasteiger partial charge on any atom is -0.497 e. The number of carbonyl (C=O) groups is 1. The molecule has 140 valence electrons. The fourth-order valence-corrected chi connectivity index (χ4v) is 3.95. The number of benzene rings is 2. The van der Waals surface area contributed by atoms with Crippen LogP contribution >= 0.6 is 0 Å². The van der Waals surface area contributed by atoms with Crippen molar-refractivity contribution in [2.24, 2.45) is 11.0 Å². The first kappa shape index (κ1) is 17.5. The molecule has 0 bridgehead atoms. The first-order valence-electron chi connectivity index (χ1n) is 9.09. The Morgan fingerprint density at radius 2 is 2.04 bits per heavy atom. The number of aryl methyl sites for hydroxylation is 1. The van der Waals surface area contributed by atoms with E-state index in [4.69, 9.17) is 9.47 Å². The van der Waals surface area contributed by atoms with Gasteiger partial charge in [0.2, 0.25) is 0 Å². The SMILES string of the molecule is CCOC(=O)N1N=C2c3cc(OC)ccc3CC[C@H]2[C@@H]1c1ccc(F)cc1. The van der Waals surface area contributed by atoms with Gasteiger partial charge in [0.25, 0.3) is 0 Å². The lowest BCUT2D eigenvalue weighted by molar-refractivity contribution is 0.0909. The Morgan fingerprint density at radius 1 is 1.26 bits per heavy atom. The molecule has 5 nitrogen and oxygen atoms in total. The van der Waals surface area contributed by atoms with E-state index in [-0.39, 0.29) is 24.4 Å². The van der Waals surface area contributed by atoms with E-state index in [1.54, 1.807) is 26.2 Å².